The minimum absolute atomic E-state index is 0.340. The van der Waals surface area contributed by atoms with E-state index < -0.39 is 0 Å². The van der Waals surface area contributed by atoms with Crippen molar-refractivity contribution in [3.63, 3.8) is 0 Å². The zero-order chi connectivity index (χ0) is 14.8. The van der Waals surface area contributed by atoms with Crippen molar-refractivity contribution < 1.29 is 9.53 Å². The molecule has 1 aromatic heterocycles. The SMILES string of the molecule is COC(=O)c1ccc2nc(NC(=S)N3CCCC3)sc2c1. The quantitative estimate of drug-likeness (QED) is 0.678. The summed E-state index contributed by atoms with van der Waals surface area (Å²) in [6.07, 6.45) is 2.37. The number of nitrogens with zero attached hydrogens (tertiary/aromatic N) is 2. The van der Waals surface area contributed by atoms with Crippen LogP contribution in [0.2, 0.25) is 0 Å². The van der Waals surface area contributed by atoms with Crippen LogP contribution >= 0.6 is 23.6 Å². The fraction of sp³-hybridized carbons (Fsp3) is 0.357. The topological polar surface area (TPSA) is 54.5 Å². The van der Waals surface area contributed by atoms with E-state index in [1.807, 2.05) is 6.07 Å². The molecule has 1 aliphatic heterocycles. The van der Waals surface area contributed by atoms with Crippen molar-refractivity contribution in [3.8, 4) is 0 Å². The fourth-order valence-corrected chi connectivity index (χ4v) is 3.56. The molecule has 1 N–H and O–H groups in total. The average Bonchev–Trinajstić information content (AvgIpc) is 3.14. The Bertz CT molecular complexity index is 693. The maximum Gasteiger partial charge on any atom is 0.337 e. The highest BCUT2D eigenvalue weighted by Crippen LogP contribution is 2.27. The van der Waals surface area contributed by atoms with E-state index in [0.717, 1.165) is 33.6 Å². The van der Waals surface area contributed by atoms with Gasteiger partial charge in [0.25, 0.3) is 0 Å². The third-order valence-corrected chi connectivity index (χ3v) is 4.71. The molecule has 0 bridgehead atoms. The minimum Gasteiger partial charge on any atom is -0.465 e. The Labute approximate surface area is 131 Å². The number of fused-ring (bicyclic) bond motifs is 1. The molecule has 1 aliphatic rings. The highest BCUT2D eigenvalue weighted by Gasteiger charge is 2.16. The maximum absolute atomic E-state index is 11.5. The van der Waals surface area contributed by atoms with Crippen molar-refractivity contribution in [2.45, 2.75) is 12.8 Å². The van der Waals surface area contributed by atoms with Gasteiger partial charge in [-0.15, -0.1) is 0 Å². The van der Waals surface area contributed by atoms with Crippen molar-refractivity contribution in [1.29, 1.82) is 0 Å². The molecule has 110 valence electrons. The molecule has 2 heterocycles. The third kappa shape index (κ3) is 2.98. The van der Waals surface area contributed by atoms with E-state index in [0.29, 0.717) is 5.56 Å². The van der Waals surface area contributed by atoms with E-state index in [-0.39, 0.29) is 5.97 Å². The number of benzene rings is 1. The van der Waals surface area contributed by atoms with Crippen molar-refractivity contribution in [3.05, 3.63) is 23.8 Å². The first-order valence-electron chi connectivity index (χ1n) is 6.72. The molecule has 0 unspecified atom stereocenters. The Morgan fingerprint density at radius 2 is 2.19 bits per heavy atom. The zero-order valence-electron chi connectivity index (χ0n) is 11.6. The van der Waals surface area contributed by atoms with Crippen LogP contribution in [0.25, 0.3) is 10.2 Å². The molecule has 5 nitrogen and oxygen atoms in total. The van der Waals surface area contributed by atoms with Crippen molar-refractivity contribution in [1.82, 2.24) is 9.88 Å². The number of methoxy groups -OCH3 is 1. The summed E-state index contributed by atoms with van der Waals surface area (Å²) in [6, 6.07) is 5.33. The van der Waals surface area contributed by atoms with Crippen LogP contribution in [0.15, 0.2) is 18.2 Å². The van der Waals surface area contributed by atoms with Gasteiger partial charge in [-0.3, -0.25) is 0 Å². The van der Waals surface area contributed by atoms with Gasteiger partial charge in [0.15, 0.2) is 10.2 Å². The maximum atomic E-state index is 11.5. The van der Waals surface area contributed by atoms with Crippen LogP contribution in [-0.4, -0.2) is 41.2 Å². The Morgan fingerprint density at radius 1 is 1.43 bits per heavy atom. The Morgan fingerprint density at radius 3 is 2.90 bits per heavy atom. The first-order chi connectivity index (χ1) is 10.2. The lowest BCUT2D eigenvalue weighted by atomic mass is 10.2. The van der Waals surface area contributed by atoms with Gasteiger partial charge in [0.1, 0.15) is 0 Å². The summed E-state index contributed by atoms with van der Waals surface area (Å²) >= 11 is 6.88. The Kier molecular flexibility index (Phi) is 4.03. The fourth-order valence-electron chi connectivity index (χ4n) is 2.31. The second-order valence-electron chi connectivity index (χ2n) is 4.82. The summed E-state index contributed by atoms with van der Waals surface area (Å²) in [5, 5.41) is 4.66. The van der Waals surface area contributed by atoms with Gasteiger partial charge in [0, 0.05) is 13.1 Å². The lowest BCUT2D eigenvalue weighted by Gasteiger charge is -2.17. The minimum atomic E-state index is -0.340. The van der Waals surface area contributed by atoms with Crippen LogP contribution in [-0.2, 0) is 4.74 Å². The number of anilines is 1. The molecule has 0 aliphatic carbocycles. The van der Waals surface area contributed by atoms with Crippen molar-refractivity contribution >= 4 is 50.0 Å². The standard InChI is InChI=1S/C14H15N3O2S2/c1-19-12(18)9-4-5-10-11(8-9)21-13(15-10)16-14(20)17-6-2-3-7-17/h4-5,8H,2-3,6-7H2,1H3,(H,15,16,20). The predicted octanol–water partition coefficient (Wildman–Crippen LogP) is 2.88. The number of carbonyl (C=O) groups is 1. The van der Waals surface area contributed by atoms with Gasteiger partial charge < -0.3 is 15.0 Å². The van der Waals surface area contributed by atoms with E-state index in [9.17, 15) is 4.79 Å². The number of thiocarbonyl (C=S) groups is 1. The molecule has 0 radical (unpaired) electrons. The van der Waals surface area contributed by atoms with Gasteiger partial charge in [0.05, 0.1) is 22.9 Å². The van der Waals surface area contributed by atoms with Crippen LogP contribution < -0.4 is 5.32 Å². The summed E-state index contributed by atoms with van der Waals surface area (Å²) in [5.41, 5.74) is 1.38. The van der Waals surface area contributed by atoms with E-state index >= 15 is 0 Å². The molecule has 7 heteroatoms. The second kappa shape index (κ2) is 5.95. The zero-order valence-corrected chi connectivity index (χ0v) is 13.2. The van der Waals surface area contributed by atoms with Gasteiger partial charge in [-0.25, -0.2) is 9.78 Å². The third-order valence-electron chi connectivity index (χ3n) is 3.42. The number of carbonyl (C=O) groups excluding carboxylic acids is 1. The van der Waals surface area contributed by atoms with E-state index in [4.69, 9.17) is 17.0 Å². The molecule has 0 saturated carbocycles. The van der Waals surface area contributed by atoms with Crippen molar-refractivity contribution in [2.75, 3.05) is 25.5 Å². The number of aromatic nitrogens is 1. The first kappa shape index (κ1) is 14.2. The number of rotatable bonds is 2. The highest BCUT2D eigenvalue weighted by atomic mass is 32.1. The molecule has 1 aromatic carbocycles. The lowest BCUT2D eigenvalue weighted by Crippen LogP contribution is -2.31. The highest BCUT2D eigenvalue weighted by molar-refractivity contribution is 7.80. The summed E-state index contributed by atoms with van der Waals surface area (Å²) in [7, 11) is 1.38. The van der Waals surface area contributed by atoms with E-state index in [2.05, 4.69) is 15.2 Å². The van der Waals surface area contributed by atoms with Crippen LogP contribution in [0.5, 0.6) is 0 Å². The molecule has 1 saturated heterocycles. The monoisotopic (exact) mass is 321 g/mol. The summed E-state index contributed by atoms with van der Waals surface area (Å²) in [6.45, 7) is 2.01. The van der Waals surface area contributed by atoms with Crippen molar-refractivity contribution in [2.24, 2.45) is 0 Å². The van der Waals surface area contributed by atoms with Gasteiger partial charge in [-0.05, 0) is 43.3 Å². The number of nitrogens with one attached hydrogen (secondary N) is 1. The molecule has 1 fully saturated rings. The molecular formula is C14H15N3O2S2. The number of ether oxygens (including phenoxy) is 1. The van der Waals surface area contributed by atoms with E-state index in [1.54, 1.807) is 12.1 Å². The number of hydrogen-bond acceptors (Lipinski definition) is 5. The van der Waals surface area contributed by atoms with Gasteiger partial charge >= 0.3 is 5.97 Å². The summed E-state index contributed by atoms with van der Waals surface area (Å²) < 4.78 is 5.66. The largest absolute Gasteiger partial charge is 0.465 e. The predicted molar refractivity (Wildman–Crippen MR) is 88.0 cm³/mol. The second-order valence-corrected chi connectivity index (χ2v) is 6.23. The van der Waals surface area contributed by atoms with Crippen LogP contribution in [0, 0.1) is 0 Å². The van der Waals surface area contributed by atoms with Gasteiger partial charge in [-0.2, -0.15) is 0 Å². The van der Waals surface area contributed by atoms with Gasteiger partial charge in [0.2, 0.25) is 0 Å². The molecule has 0 spiro atoms. The first-order valence-corrected chi connectivity index (χ1v) is 7.94. The van der Waals surface area contributed by atoms with E-state index in [1.165, 1.54) is 31.3 Å². The molecule has 0 amide bonds. The molecule has 3 rings (SSSR count). The lowest BCUT2D eigenvalue weighted by molar-refractivity contribution is 0.0601. The number of thiazole rings is 1. The molecule has 2 aromatic rings. The molecule has 0 atom stereocenters. The Balaban J connectivity index is 1.80. The number of likely N-dealkylation sites (tertiary alicyclic amines) is 1. The normalized spacial score (nSPS) is 14.4. The Hall–Kier alpha value is -1.73. The molecule has 21 heavy (non-hydrogen) atoms. The smallest absolute Gasteiger partial charge is 0.337 e. The summed E-state index contributed by atoms with van der Waals surface area (Å²) in [5.74, 6) is -0.340. The van der Waals surface area contributed by atoms with Crippen LogP contribution in [0.1, 0.15) is 23.2 Å². The van der Waals surface area contributed by atoms with Crippen LogP contribution in [0.3, 0.4) is 0 Å². The van der Waals surface area contributed by atoms with Gasteiger partial charge in [-0.1, -0.05) is 11.3 Å². The number of esters is 1. The molecular weight excluding hydrogens is 306 g/mol. The summed E-state index contributed by atoms with van der Waals surface area (Å²) in [4.78, 5) is 18.2. The average molecular weight is 321 g/mol. The van der Waals surface area contributed by atoms with Crippen LogP contribution in [0.4, 0.5) is 5.13 Å². The number of hydrogen-bond donors (Lipinski definition) is 1.